The smallest absolute Gasteiger partial charge is 0.256 e. The lowest BCUT2D eigenvalue weighted by molar-refractivity contribution is -0.111. The first-order valence-electron chi connectivity index (χ1n) is 7.12. The van der Waals surface area contributed by atoms with Crippen molar-refractivity contribution in [2.75, 3.05) is 10.6 Å². The number of pyridine rings is 1. The Kier molecular flexibility index (Phi) is 5.82. The largest absolute Gasteiger partial charge is 0.322 e. The van der Waals surface area contributed by atoms with Crippen LogP contribution >= 0.6 is 0 Å². The van der Waals surface area contributed by atoms with Gasteiger partial charge in [-0.15, -0.1) is 0 Å². The highest BCUT2D eigenvalue weighted by molar-refractivity contribution is 6.05. The summed E-state index contributed by atoms with van der Waals surface area (Å²) in [5, 5.41) is 5.40. The van der Waals surface area contributed by atoms with E-state index in [9.17, 15) is 9.59 Å². The van der Waals surface area contributed by atoms with Crippen molar-refractivity contribution in [3.8, 4) is 0 Å². The van der Waals surface area contributed by atoms with E-state index < -0.39 is 0 Å². The van der Waals surface area contributed by atoms with Crippen LogP contribution in [0.5, 0.6) is 0 Å². The van der Waals surface area contributed by atoms with E-state index >= 15 is 0 Å². The number of carbonyl (C=O) groups is 2. The van der Waals surface area contributed by atoms with E-state index in [0.717, 1.165) is 0 Å². The molecule has 2 aromatic rings. The molecule has 0 saturated carbocycles. The van der Waals surface area contributed by atoms with Crippen LogP contribution < -0.4 is 10.6 Å². The third kappa shape index (κ3) is 5.24. The molecule has 116 valence electrons. The number of carbonyl (C=O) groups excluding carboxylic acids is 2. The highest BCUT2D eigenvalue weighted by atomic mass is 16.2. The molecule has 0 unspecified atom stereocenters. The Bertz CT molecular complexity index is 737. The lowest BCUT2D eigenvalue weighted by Crippen LogP contribution is -2.14. The third-order valence-electron chi connectivity index (χ3n) is 2.85. The molecule has 1 aromatic heterocycles. The molecule has 0 aliphatic rings. The molecule has 5 heteroatoms. The normalized spacial score (nSPS) is 10.8. The fourth-order valence-electron chi connectivity index (χ4n) is 1.80. The lowest BCUT2D eigenvalue weighted by Gasteiger charge is -2.06. The van der Waals surface area contributed by atoms with Crippen LogP contribution in [0.3, 0.4) is 0 Å². The van der Waals surface area contributed by atoms with Gasteiger partial charge in [-0.3, -0.25) is 9.59 Å². The van der Waals surface area contributed by atoms with Gasteiger partial charge in [-0.05, 0) is 37.3 Å². The number of nitrogens with zero attached hydrogens (tertiary/aromatic N) is 1. The fraction of sp³-hybridized carbons (Fsp3) is 0.0556. The van der Waals surface area contributed by atoms with E-state index in [1.54, 1.807) is 60.8 Å². The molecule has 0 bridgehead atoms. The summed E-state index contributed by atoms with van der Waals surface area (Å²) in [5.41, 5.74) is 0.986. The Labute approximate surface area is 134 Å². The minimum atomic E-state index is -0.288. The van der Waals surface area contributed by atoms with Crippen LogP contribution in [0.25, 0.3) is 0 Å². The van der Waals surface area contributed by atoms with Crippen LogP contribution in [0, 0.1) is 0 Å². The molecule has 0 spiro atoms. The Morgan fingerprint density at radius 3 is 2.65 bits per heavy atom. The van der Waals surface area contributed by atoms with Crippen molar-refractivity contribution in [2.24, 2.45) is 0 Å². The predicted octanol–water partition coefficient (Wildman–Crippen LogP) is 3.40. The van der Waals surface area contributed by atoms with Gasteiger partial charge in [0, 0.05) is 23.5 Å². The second kappa shape index (κ2) is 8.29. The highest BCUT2D eigenvalue weighted by Gasteiger charge is 2.08. The first-order chi connectivity index (χ1) is 11.2. The molecule has 0 saturated heterocycles. The fourth-order valence-corrected chi connectivity index (χ4v) is 1.80. The summed E-state index contributed by atoms with van der Waals surface area (Å²) >= 11 is 0. The molecule has 0 fully saturated rings. The van der Waals surface area contributed by atoms with Gasteiger partial charge in [-0.25, -0.2) is 4.98 Å². The van der Waals surface area contributed by atoms with Gasteiger partial charge in [0.2, 0.25) is 5.91 Å². The Morgan fingerprint density at radius 2 is 1.91 bits per heavy atom. The van der Waals surface area contributed by atoms with Crippen LogP contribution in [0.15, 0.2) is 73.0 Å². The maximum Gasteiger partial charge on any atom is 0.256 e. The minimum absolute atomic E-state index is 0.259. The number of amides is 2. The highest BCUT2D eigenvalue weighted by Crippen LogP contribution is 2.12. The SMILES string of the molecule is C/C=C/C=C/C(=O)Nc1cccc(C(=O)Nc2ccccn2)c1. The van der Waals surface area contributed by atoms with E-state index in [1.807, 2.05) is 13.0 Å². The minimum Gasteiger partial charge on any atom is -0.322 e. The van der Waals surface area contributed by atoms with Gasteiger partial charge in [0.1, 0.15) is 5.82 Å². The number of nitrogens with one attached hydrogen (secondary N) is 2. The van der Waals surface area contributed by atoms with Crippen LogP contribution in [0.4, 0.5) is 11.5 Å². The average Bonchev–Trinajstić information content (AvgIpc) is 2.56. The maximum atomic E-state index is 12.2. The van der Waals surface area contributed by atoms with E-state index in [2.05, 4.69) is 15.6 Å². The van der Waals surface area contributed by atoms with Crippen molar-refractivity contribution in [1.82, 2.24) is 4.98 Å². The zero-order chi connectivity index (χ0) is 16.5. The summed E-state index contributed by atoms with van der Waals surface area (Å²) in [6.45, 7) is 1.87. The zero-order valence-electron chi connectivity index (χ0n) is 12.7. The van der Waals surface area contributed by atoms with Gasteiger partial charge in [-0.2, -0.15) is 0 Å². The summed E-state index contributed by atoms with van der Waals surface area (Å²) in [7, 11) is 0. The number of hydrogen-bond acceptors (Lipinski definition) is 3. The molecule has 1 heterocycles. The number of rotatable bonds is 5. The van der Waals surface area contributed by atoms with Gasteiger partial charge in [0.25, 0.3) is 5.91 Å². The summed E-state index contributed by atoms with van der Waals surface area (Å²) in [5.74, 6) is -0.0733. The topological polar surface area (TPSA) is 71.1 Å². The van der Waals surface area contributed by atoms with Crippen molar-refractivity contribution >= 4 is 23.3 Å². The summed E-state index contributed by atoms with van der Waals surface area (Å²) in [6, 6.07) is 12.0. The van der Waals surface area contributed by atoms with Gasteiger partial charge < -0.3 is 10.6 Å². The molecule has 0 atom stereocenters. The molecule has 1 aromatic carbocycles. The number of aromatic nitrogens is 1. The molecule has 0 aliphatic heterocycles. The molecule has 2 amide bonds. The molecule has 0 radical (unpaired) electrons. The Balaban J connectivity index is 2.04. The molecule has 2 N–H and O–H groups in total. The summed E-state index contributed by atoms with van der Waals surface area (Å²) in [4.78, 5) is 27.9. The first-order valence-corrected chi connectivity index (χ1v) is 7.12. The van der Waals surface area contributed by atoms with Crippen LogP contribution in [0.1, 0.15) is 17.3 Å². The Hall–Kier alpha value is -3.21. The van der Waals surface area contributed by atoms with Gasteiger partial charge >= 0.3 is 0 Å². The molecule has 2 rings (SSSR count). The molecule has 23 heavy (non-hydrogen) atoms. The Morgan fingerprint density at radius 1 is 1.04 bits per heavy atom. The third-order valence-corrected chi connectivity index (χ3v) is 2.85. The number of hydrogen-bond donors (Lipinski definition) is 2. The van der Waals surface area contributed by atoms with E-state index in [-0.39, 0.29) is 11.8 Å². The first kappa shape index (κ1) is 16.2. The van der Waals surface area contributed by atoms with E-state index in [4.69, 9.17) is 0 Å². The standard InChI is InChI=1S/C18H17N3O2/c1-2-3-4-11-17(22)20-15-9-7-8-14(13-15)18(23)21-16-10-5-6-12-19-16/h2-13H,1H3,(H,20,22)(H,19,21,23)/b3-2+,11-4+. The monoisotopic (exact) mass is 307 g/mol. The van der Waals surface area contributed by atoms with Crippen molar-refractivity contribution in [3.63, 3.8) is 0 Å². The van der Waals surface area contributed by atoms with Gasteiger partial charge in [0.05, 0.1) is 0 Å². The maximum absolute atomic E-state index is 12.2. The predicted molar refractivity (Wildman–Crippen MR) is 91.2 cm³/mol. The summed E-state index contributed by atoms with van der Waals surface area (Å²) < 4.78 is 0. The van der Waals surface area contributed by atoms with Crippen molar-refractivity contribution in [3.05, 3.63) is 78.5 Å². The average molecular weight is 307 g/mol. The van der Waals surface area contributed by atoms with Crippen molar-refractivity contribution in [1.29, 1.82) is 0 Å². The second-order valence-electron chi connectivity index (χ2n) is 4.62. The van der Waals surface area contributed by atoms with Crippen molar-refractivity contribution in [2.45, 2.75) is 6.92 Å². The summed E-state index contributed by atoms with van der Waals surface area (Å²) in [6.07, 6.45) is 8.25. The number of anilines is 2. The van der Waals surface area contributed by atoms with Crippen LogP contribution in [-0.2, 0) is 4.79 Å². The zero-order valence-corrected chi connectivity index (χ0v) is 12.7. The van der Waals surface area contributed by atoms with Crippen molar-refractivity contribution < 1.29 is 9.59 Å². The van der Waals surface area contributed by atoms with Crippen LogP contribution in [-0.4, -0.2) is 16.8 Å². The number of benzene rings is 1. The molecule has 5 nitrogen and oxygen atoms in total. The number of allylic oxidation sites excluding steroid dienone is 3. The molecular weight excluding hydrogens is 290 g/mol. The molecule has 0 aliphatic carbocycles. The molecular formula is C18H17N3O2. The second-order valence-corrected chi connectivity index (χ2v) is 4.62. The van der Waals surface area contributed by atoms with Crippen LogP contribution in [0.2, 0.25) is 0 Å². The van der Waals surface area contributed by atoms with E-state index in [0.29, 0.717) is 17.1 Å². The van der Waals surface area contributed by atoms with Gasteiger partial charge in [-0.1, -0.05) is 30.4 Å². The van der Waals surface area contributed by atoms with Gasteiger partial charge in [0.15, 0.2) is 0 Å². The lowest BCUT2D eigenvalue weighted by atomic mass is 10.2. The van der Waals surface area contributed by atoms with E-state index in [1.165, 1.54) is 6.08 Å². The quantitative estimate of drug-likeness (QED) is 0.657.